The maximum absolute atomic E-state index is 11.9. The first kappa shape index (κ1) is 18.6. The van der Waals surface area contributed by atoms with E-state index in [1.54, 1.807) is 18.1 Å². The molecule has 4 heteroatoms. The summed E-state index contributed by atoms with van der Waals surface area (Å²) in [6.45, 7) is 10.7. The van der Waals surface area contributed by atoms with Crippen molar-refractivity contribution in [3.8, 4) is 0 Å². The molecule has 0 saturated carbocycles. The minimum absolute atomic E-state index is 0.0518. The fraction of sp³-hybridized carbons (Fsp3) is 0.625. The number of hydrogen-bond acceptors (Lipinski definition) is 3. The zero-order valence-corrected chi connectivity index (χ0v) is 13.7. The highest BCUT2D eigenvalue weighted by Gasteiger charge is 2.11. The number of rotatable bonds is 5. The third kappa shape index (κ3) is 7.24. The smallest absolute Gasteiger partial charge is 0.240 e. The maximum atomic E-state index is 11.9. The zero-order valence-electron chi connectivity index (χ0n) is 13.7. The quantitative estimate of drug-likeness (QED) is 0.900. The maximum Gasteiger partial charge on any atom is 0.240 e. The Bertz CT molecular complexity index is 376. The third-order valence-electron chi connectivity index (χ3n) is 2.87. The average Bonchev–Trinajstić information content (AvgIpc) is 2.45. The molecule has 0 saturated heterocycles. The predicted octanol–water partition coefficient (Wildman–Crippen LogP) is 3.16. The van der Waals surface area contributed by atoms with Gasteiger partial charge in [-0.1, -0.05) is 27.2 Å². The molecule has 0 radical (unpaired) electrons. The van der Waals surface area contributed by atoms with E-state index < -0.39 is 0 Å². The van der Waals surface area contributed by atoms with Crippen LogP contribution in [0.1, 0.15) is 46.2 Å². The van der Waals surface area contributed by atoms with Gasteiger partial charge in [-0.25, -0.2) is 0 Å². The first-order valence-electron chi connectivity index (χ1n) is 7.38. The van der Waals surface area contributed by atoms with Crippen molar-refractivity contribution in [3.63, 3.8) is 0 Å². The normalized spacial score (nSPS) is 11.3. The molecule has 1 amide bonds. The van der Waals surface area contributed by atoms with Gasteiger partial charge in [-0.05, 0) is 32.4 Å². The van der Waals surface area contributed by atoms with Crippen LogP contribution in [-0.4, -0.2) is 30.5 Å². The van der Waals surface area contributed by atoms with Crippen LogP contribution in [0.3, 0.4) is 0 Å². The summed E-state index contributed by atoms with van der Waals surface area (Å²) < 4.78 is 0. The van der Waals surface area contributed by atoms with Gasteiger partial charge in [0.25, 0.3) is 0 Å². The molecule has 20 heavy (non-hydrogen) atoms. The van der Waals surface area contributed by atoms with Crippen LogP contribution in [-0.2, 0) is 4.79 Å². The van der Waals surface area contributed by atoms with Gasteiger partial charge in [0.05, 0.1) is 18.4 Å². The lowest BCUT2D eigenvalue weighted by molar-refractivity contribution is -0.117. The summed E-state index contributed by atoms with van der Waals surface area (Å²) in [5, 5.41) is 3.18. The number of hydrogen-bond donors (Lipinski definition) is 1. The van der Waals surface area contributed by atoms with Crippen LogP contribution in [0.4, 0.5) is 5.69 Å². The van der Waals surface area contributed by atoms with Crippen LogP contribution < -0.4 is 10.2 Å². The molecular formula is C16H29N3O. The molecule has 4 nitrogen and oxygen atoms in total. The second kappa shape index (κ2) is 10.4. The molecule has 0 aliphatic heterocycles. The highest BCUT2D eigenvalue weighted by atomic mass is 16.2. The number of carbonyl (C=O) groups is 1. The van der Waals surface area contributed by atoms with Crippen molar-refractivity contribution in [2.75, 3.05) is 18.5 Å². The molecule has 1 unspecified atom stereocenters. The fourth-order valence-electron chi connectivity index (χ4n) is 1.33. The standard InChI is InChI=1S/C13H21N3O.C3H8/c1-5-10(2)15-9-13(17)16(4)12-7-6-11(3)14-8-12;1-3-2/h6-8,10,15H,5,9H2,1-4H3;3H2,1-2H3. The number of carbonyl (C=O) groups excluding carboxylic acids is 1. The van der Waals surface area contributed by atoms with Crippen LogP contribution in [0.2, 0.25) is 0 Å². The van der Waals surface area contributed by atoms with Crippen LogP contribution in [0.15, 0.2) is 18.3 Å². The van der Waals surface area contributed by atoms with E-state index in [1.807, 2.05) is 19.1 Å². The van der Waals surface area contributed by atoms with Gasteiger partial charge in [-0.15, -0.1) is 0 Å². The molecule has 1 heterocycles. The number of aromatic nitrogens is 1. The van der Waals surface area contributed by atoms with Crippen LogP contribution in [0, 0.1) is 6.92 Å². The van der Waals surface area contributed by atoms with Gasteiger partial charge < -0.3 is 10.2 Å². The summed E-state index contributed by atoms with van der Waals surface area (Å²) in [5.74, 6) is 0.0518. The average molecular weight is 279 g/mol. The molecule has 0 fully saturated rings. The van der Waals surface area contributed by atoms with Crippen LogP contribution >= 0.6 is 0 Å². The van der Waals surface area contributed by atoms with Gasteiger partial charge in [0, 0.05) is 18.8 Å². The van der Waals surface area contributed by atoms with Crippen molar-refractivity contribution in [1.29, 1.82) is 0 Å². The van der Waals surface area contributed by atoms with Crippen molar-refractivity contribution >= 4 is 11.6 Å². The zero-order chi connectivity index (χ0) is 15.5. The van der Waals surface area contributed by atoms with Crippen molar-refractivity contribution in [1.82, 2.24) is 10.3 Å². The summed E-state index contributed by atoms with van der Waals surface area (Å²) in [4.78, 5) is 17.7. The van der Waals surface area contributed by atoms with Gasteiger partial charge in [0.1, 0.15) is 0 Å². The van der Waals surface area contributed by atoms with E-state index in [9.17, 15) is 4.79 Å². The van der Waals surface area contributed by atoms with E-state index in [0.717, 1.165) is 17.8 Å². The number of amides is 1. The minimum Gasteiger partial charge on any atom is -0.313 e. The van der Waals surface area contributed by atoms with Crippen LogP contribution in [0.25, 0.3) is 0 Å². The Hall–Kier alpha value is -1.42. The molecule has 1 N–H and O–H groups in total. The second-order valence-electron chi connectivity index (χ2n) is 5.01. The first-order valence-corrected chi connectivity index (χ1v) is 7.38. The van der Waals surface area contributed by atoms with Gasteiger partial charge in [-0.2, -0.15) is 0 Å². The molecule has 1 aromatic rings. The van der Waals surface area contributed by atoms with Crippen molar-refractivity contribution in [2.45, 2.75) is 53.5 Å². The lowest BCUT2D eigenvalue weighted by Crippen LogP contribution is -2.38. The molecule has 1 aromatic heterocycles. The summed E-state index contributed by atoms with van der Waals surface area (Å²) in [5.41, 5.74) is 1.78. The van der Waals surface area contributed by atoms with E-state index in [1.165, 1.54) is 6.42 Å². The van der Waals surface area contributed by atoms with Crippen LogP contribution in [0.5, 0.6) is 0 Å². The molecule has 0 aromatic carbocycles. The Kier molecular flexibility index (Phi) is 9.64. The number of likely N-dealkylation sites (N-methyl/N-ethyl adjacent to an activating group) is 1. The van der Waals surface area contributed by atoms with Gasteiger partial charge in [-0.3, -0.25) is 9.78 Å². The number of pyridine rings is 1. The molecule has 0 bridgehead atoms. The van der Waals surface area contributed by atoms with Crippen molar-refractivity contribution < 1.29 is 4.79 Å². The topological polar surface area (TPSA) is 45.2 Å². The summed E-state index contributed by atoms with van der Waals surface area (Å²) in [6.07, 6.45) is 3.99. The molecule has 1 rings (SSSR count). The Morgan fingerprint density at radius 2 is 1.95 bits per heavy atom. The van der Waals surface area contributed by atoms with E-state index in [2.05, 4.69) is 38.0 Å². The summed E-state index contributed by atoms with van der Waals surface area (Å²) in [7, 11) is 1.77. The van der Waals surface area contributed by atoms with E-state index in [4.69, 9.17) is 0 Å². The molecular weight excluding hydrogens is 250 g/mol. The lowest BCUT2D eigenvalue weighted by atomic mass is 10.2. The first-order chi connectivity index (χ1) is 9.46. The Morgan fingerprint density at radius 3 is 2.40 bits per heavy atom. The van der Waals surface area contributed by atoms with Crippen molar-refractivity contribution in [2.24, 2.45) is 0 Å². The Labute approximate surface area is 123 Å². The lowest BCUT2D eigenvalue weighted by Gasteiger charge is -2.19. The van der Waals surface area contributed by atoms with Crippen molar-refractivity contribution in [3.05, 3.63) is 24.0 Å². The number of nitrogens with one attached hydrogen (secondary N) is 1. The molecule has 0 spiro atoms. The van der Waals surface area contributed by atoms with Gasteiger partial charge in [0.2, 0.25) is 5.91 Å². The summed E-state index contributed by atoms with van der Waals surface area (Å²) in [6, 6.07) is 4.17. The third-order valence-corrected chi connectivity index (χ3v) is 2.87. The monoisotopic (exact) mass is 279 g/mol. The Morgan fingerprint density at radius 1 is 1.35 bits per heavy atom. The number of anilines is 1. The predicted molar refractivity (Wildman–Crippen MR) is 86.1 cm³/mol. The van der Waals surface area contributed by atoms with Gasteiger partial charge >= 0.3 is 0 Å². The molecule has 114 valence electrons. The fourth-order valence-corrected chi connectivity index (χ4v) is 1.33. The Balaban J connectivity index is 0.00000110. The number of aryl methyl sites for hydroxylation is 1. The number of nitrogens with zero attached hydrogens (tertiary/aromatic N) is 2. The minimum atomic E-state index is 0.0518. The molecule has 0 aliphatic carbocycles. The molecule has 0 aliphatic rings. The summed E-state index contributed by atoms with van der Waals surface area (Å²) >= 11 is 0. The SMILES string of the molecule is CCC.CCC(C)NCC(=O)N(C)c1ccc(C)nc1. The highest BCUT2D eigenvalue weighted by molar-refractivity contribution is 5.94. The van der Waals surface area contributed by atoms with E-state index in [-0.39, 0.29) is 5.91 Å². The van der Waals surface area contributed by atoms with E-state index >= 15 is 0 Å². The highest BCUT2D eigenvalue weighted by Crippen LogP contribution is 2.10. The van der Waals surface area contributed by atoms with Gasteiger partial charge in [0.15, 0.2) is 0 Å². The second-order valence-corrected chi connectivity index (χ2v) is 5.01. The van der Waals surface area contributed by atoms with E-state index in [0.29, 0.717) is 12.6 Å². The largest absolute Gasteiger partial charge is 0.313 e. The molecule has 1 atom stereocenters.